The van der Waals surface area contributed by atoms with E-state index in [1.807, 2.05) is 29.6 Å². The van der Waals surface area contributed by atoms with E-state index in [2.05, 4.69) is 20.9 Å². The molecular weight excluding hydrogens is 386 g/mol. The SMILES string of the molecule is C[C@H](CC(=O)Cc1csc(-c2cccc(Br)c2)n1)C(=O)O.S. The molecule has 4 nitrogen and oxygen atoms in total. The van der Waals surface area contributed by atoms with Crippen LogP contribution in [0.25, 0.3) is 10.6 Å². The zero-order chi connectivity index (χ0) is 15.4. The van der Waals surface area contributed by atoms with E-state index in [1.165, 1.54) is 18.3 Å². The van der Waals surface area contributed by atoms with E-state index in [0.717, 1.165) is 15.0 Å². The van der Waals surface area contributed by atoms with Crippen LogP contribution in [0.1, 0.15) is 19.0 Å². The van der Waals surface area contributed by atoms with Gasteiger partial charge in [-0.05, 0) is 12.1 Å². The molecule has 2 rings (SSSR count). The molecule has 0 unspecified atom stereocenters. The van der Waals surface area contributed by atoms with Gasteiger partial charge in [0, 0.05) is 28.3 Å². The Morgan fingerprint density at radius 1 is 1.41 bits per heavy atom. The molecule has 118 valence electrons. The van der Waals surface area contributed by atoms with E-state index in [9.17, 15) is 9.59 Å². The predicted molar refractivity (Wildman–Crippen MR) is 95.8 cm³/mol. The molecular formula is C15H16BrNO3S2. The molecule has 2 aromatic rings. The maximum Gasteiger partial charge on any atom is 0.306 e. The van der Waals surface area contributed by atoms with Crippen LogP contribution in [0.3, 0.4) is 0 Å². The number of aromatic nitrogens is 1. The zero-order valence-corrected chi connectivity index (χ0v) is 15.3. The van der Waals surface area contributed by atoms with Crippen molar-refractivity contribution in [3.05, 3.63) is 39.8 Å². The summed E-state index contributed by atoms with van der Waals surface area (Å²) in [7, 11) is 0. The number of benzene rings is 1. The minimum Gasteiger partial charge on any atom is -0.481 e. The Labute approximate surface area is 148 Å². The van der Waals surface area contributed by atoms with E-state index >= 15 is 0 Å². The molecule has 1 aromatic heterocycles. The smallest absolute Gasteiger partial charge is 0.306 e. The molecule has 22 heavy (non-hydrogen) atoms. The van der Waals surface area contributed by atoms with Crippen LogP contribution in [-0.2, 0) is 16.0 Å². The molecule has 1 aromatic carbocycles. The minimum absolute atomic E-state index is 0. The Hall–Kier alpha value is -1.18. The fourth-order valence-corrected chi connectivity index (χ4v) is 3.06. The Morgan fingerprint density at radius 2 is 2.14 bits per heavy atom. The Morgan fingerprint density at radius 3 is 2.77 bits per heavy atom. The third-order valence-corrected chi connectivity index (χ3v) is 4.39. The number of nitrogens with zero attached hydrogens (tertiary/aromatic N) is 1. The number of rotatable bonds is 6. The van der Waals surface area contributed by atoms with Gasteiger partial charge in [-0.1, -0.05) is 35.0 Å². The Bertz CT molecular complexity index is 672. The van der Waals surface area contributed by atoms with Gasteiger partial charge in [0.1, 0.15) is 10.8 Å². The molecule has 7 heteroatoms. The number of ketones is 1. The first-order chi connectivity index (χ1) is 9.95. The number of aliphatic carboxylic acids is 1. The summed E-state index contributed by atoms with van der Waals surface area (Å²) in [5, 5.41) is 11.5. The van der Waals surface area contributed by atoms with Crippen molar-refractivity contribution >= 4 is 52.5 Å². The lowest BCUT2D eigenvalue weighted by molar-refractivity contribution is -0.143. The van der Waals surface area contributed by atoms with E-state index in [4.69, 9.17) is 5.11 Å². The lowest BCUT2D eigenvalue weighted by atomic mass is 10.0. The molecule has 0 aliphatic carbocycles. The van der Waals surface area contributed by atoms with Crippen LogP contribution in [-0.4, -0.2) is 21.8 Å². The third kappa shape index (κ3) is 5.23. The number of carbonyl (C=O) groups excluding carboxylic acids is 1. The molecule has 0 saturated heterocycles. The van der Waals surface area contributed by atoms with Gasteiger partial charge in [0.05, 0.1) is 11.6 Å². The number of hydrogen-bond acceptors (Lipinski definition) is 4. The van der Waals surface area contributed by atoms with Crippen LogP contribution in [0.5, 0.6) is 0 Å². The molecule has 1 heterocycles. The molecule has 0 aliphatic rings. The highest BCUT2D eigenvalue weighted by atomic mass is 79.9. The van der Waals surface area contributed by atoms with E-state index in [-0.39, 0.29) is 32.1 Å². The first-order valence-corrected chi connectivity index (χ1v) is 8.08. The zero-order valence-electron chi connectivity index (χ0n) is 11.9. The number of carbonyl (C=O) groups is 2. The summed E-state index contributed by atoms with van der Waals surface area (Å²) in [6, 6.07) is 7.80. The van der Waals surface area contributed by atoms with Crippen molar-refractivity contribution in [2.24, 2.45) is 5.92 Å². The maximum absolute atomic E-state index is 11.8. The first-order valence-electron chi connectivity index (χ1n) is 6.40. The van der Waals surface area contributed by atoms with Crippen molar-refractivity contribution in [1.29, 1.82) is 0 Å². The first kappa shape index (κ1) is 18.9. The van der Waals surface area contributed by atoms with Crippen LogP contribution in [0, 0.1) is 5.92 Å². The highest BCUT2D eigenvalue weighted by molar-refractivity contribution is 9.10. The molecule has 1 atom stereocenters. The summed E-state index contributed by atoms with van der Waals surface area (Å²) in [4.78, 5) is 27.0. The number of carboxylic acid groups (broad SMARTS) is 1. The van der Waals surface area contributed by atoms with Crippen molar-refractivity contribution in [3.63, 3.8) is 0 Å². The van der Waals surface area contributed by atoms with Gasteiger partial charge in [-0.25, -0.2) is 4.98 Å². The summed E-state index contributed by atoms with van der Waals surface area (Å²) in [6.07, 6.45) is 0.223. The highest BCUT2D eigenvalue weighted by Crippen LogP contribution is 2.26. The third-order valence-electron chi connectivity index (χ3n) is 2.96. The van der Waals surface area contributed by atoms with E-state index in [0.29, 0.717) is 5.69 Å². The minimum atomic E-state index is -0.948. The summed E-state index contributed by atoms with van der Waals surface area (Å²) in [5.41, 5.74) is 1.68. The normalized spacial score (nSPS) is 11.5. The Balaban J connectivity index is 0.00000242. The second-order valence-electron chi connectivity index (χ2n) is 4.81. The van der Waals surface area contributed by atoms with Crippen LogP contribution < -0.4 is 0 Å². The second kappa shape index (κ2) is 8.45. The van der Waals surface area contributed by atoms with Gasteiger partial charge in [-0.3, -0.25) is 9.59 Å². The Kier molecular flexibility index (Phi) is 7.25. The van der Waals surface area contributed by atoms with Gasteiger partial charge in [0.15, 0.2) is 0 Å². The average molecular weight is 402 g/mol. The van der Waals surface area contributed by atoms with Gasteiger partial charge in [-0.15, -0.1) is 11.3 Å². The van der Waals surface area contributed by atoms with Gasteiger partial charge < -0.3 is 5.11 Å². The molecule has 0 saturated carbocycles. The fourth-order valence-electron chi connectivity index (χ4n) is 1.85. The largest absolute Gasteiger partial charge is 0.481 e. The van der Waals surface area contributed by atoms with Gasteiger partial charge in [0.2, 0.25) is 0 Å². The standard InChI is InChI=1S/C15H14BrNO3S.H2S/c1-9(15(19)20)5-13(18)7-12-8-21-14(17-12)10-3-2-4-11(16)6-10;/h2-4,6,8-9H,5,7H2,1H3,(H,19,20);1H2/t9-;/m1./s1. The van der Waals surface area contributed by atoms with Crippen molar-refractivity contribution in [2.45, 2.75) is 19.8 Å². The molecule has 1 N–H and O–H groups in total. The van der Waals surface area contributed by atoms with Crippen molar-refractivity contribution < 1.29 is 14.7 Å². The van der Waals surface area contributed by atoms with Crippen molar-refractivity contribution in [3.8, 4) is 10.6 Å². The van der Waals surface area contributed by atoms with Gasteiger partial charge in [0.25, 0.3) is 0 Å². The summed E-state index contributed by atoms with van der Waals surface area (Å²) in [5.74, 6) is -1.70. The van der Waals surface area contributed by atoms with Crippen LogP contribution in [0.2, 0.25) is 0 Å². The summed E-state index contributed by atoms with van der Waals surface area (Å²) >= 11 is 4.89. The number of hydrogen-bond donors (Lipinski definition) is 1. The van der Waals surface area contributed by atoms with Crippen molar-refractivity contribution in [2.75, 3.05) is 0 Å². The number of halogens is 1. The second-order valence-corrected chi connectivity index (χ2v) is 6.59. The van der Waals surface area contributed by atoms with Crippen molar-refractivity contribution in [1.82, 2.24) is 4.98 Å². The monoisotopic (exact) mass is 401 g/mol. The summed E-state index contributed by atoms with van der Waals surface area (Å²) in [6.45, 7) is 1.54. The van der Waals surface area contributed by atoms with Gasteiger partial charge >= 0.3 is 5.97 Å². The summed E-state index contributed by atoms with van der Waals surface area (Å²) < 4.78 is 0.975. The predicted octanol–water partition coefficient (Wildman–Crippen LogP) is 3.91. The maximum atomic E-state index is 11.8. The topological polar surface area (TPSA) is 67.3 Å². The van der Waals surface area contributed by atoms with E-state index in [1.54, 1.807) is 0 Å². The lowest BCUT2D eigenvalue weighted by Crippen LogP contribution is -2.16. The fraction of sp³-hybridized carbons (Fsp3) is 0.267. The van der Waals surface area contributed by atoms with Crippen LogP contribution in [0.4, 0.5) is 0 Å². The molecule has 0 amide bonds. The van der Waals surface area contributed by atoms with Crippen LogP contribution >= 0.6 is 40.8 Å². The molecule has 0 fully saturated rings. The molecule has 0 bridgehead atoms. The average Bonchev–Trinajstić information content (AvgIpc) is 2.86. The van der Waals surface area contributed by atoms with Gasteiger partial charge in [-0.2, -0.15) is 13.5 Å². The number of Topliss-reactive ketones (excluding diaryl/α,β-unsaturated/α-hetero) is 1. The lowest BCUT2D eigenvalue weighted by Gasteiger charge is -2.03. The molecule has 0 aliphatic heterocycles. The number of thiazole rings is 1. The van der Waals surface area contributed by atoms with Crippen LogP contribution in [0.15, 0.2) is 34.1 Å². The molecule has 0 spiro atoms. The quantitative estimate of drug-likeness (QED) is 0.796. The van der Waals surface area contributed by atoms with E-state index < -0.39 is 11.9 Å². The number of carboxylic acids is 1. The highest BCUT2D eigenvalue weighted by Gasteiger charge is 2.17. The molecule has 0 radical (unpaired) electrons.